The molecule has 0 saturated carbocycles. The zero-order chi connectivity index (χ0) is 20.9. The summed E-state index contributed by atoms with van der Waals surface area (Å²) in [5.74, 6) is 1.45. The summed E-state index contributed by atoms with van der Waals surface area (Å²) < 4.78 is 5.47. The Balaban J connectivity index is 1.36. The van der Waals surface area contributed by atoms with Gasteiger partial charge in [0.2, 0.25) is 17.6 Å². The van der Waals surface area contributed by atoms with E-state index in [1.165, 1.54) is 11.1 Å². The van der Waals surface area contributed by atoms with Crippen molar-refractivity contribution in [1.29, 1.82) is 0 Å². The quantitative estimate of drug-likeness (QED) is 0.620. The lowest BCUT2D eigenvalue weighted by Gasteiger charge is -2.26. The average Bonchev–Trinajstić information content (AvgIpc) is 3.14. The van der Waals surface area contributed by atoms with Crippen LogP contribution < -0.4 is 0 Å². The molecule has 1 fully saturated rings. The van der Waals surface area contributed by atoms with E-state index < -0.39 is 0 Å². The minimum atomic E-state index is 0.235. The van der Waals surface area contributed by atoms with Gasteiger partial charge < -0.3 is 9.42 Å². The number of likely N-dealkylation sites (tertiary alicyclic amines) is 1. The number of hydrogen-bond donors (Lipinski definition) is 0. The molecule has 0 N–H and O–H groups in total. The molecule has 1 aliphatic rings. The molecule has 0 unspecified atom stereocenters. The van der Waals surface area contributed by atoms with Gasteiger partial charge in [0.25, 0.3) is 0 Å². The number of rotatable bonds is 6. The summed E-state index contributed by atoms with van der Waals surface area (Å²) in [6.07, 6.45) is 2.35. The highest BCUT2D eigenvalue weighted by atomic mass is 16.5. The van der Waals surface area contributed by atoms with Crippen LogP contribution in [0, 0.1) is 6.92 Å². The largest absolute Gasteiger partial charge is 0.338 e. The van der Waals surface area contributed by atoms with Crippen LogP contribution in [0.25, 0.3) is 11.4 Å². The molecule has 0 radical (unpaired) electrons. The summed E-state index contributed by atoms with van der Waals surface area (Å²) in [6.45, 7) is 4.13. The van der Waals surface area contributed by atoms with Crippen LogP contribution in [0.15, 0.2) is 59.1 Å². The number of aromatic nitrogens is 2. The second-order valence-electron chi connectivity index (χ2n) is 8.02. The Morgan fingerprint density at radius 3 is 2.67 bits per heavy atom. The predicted molar refractivity (Wildman–Crippen MR) is 115 cm³/mol. The molecule has 6 heteroatoms. The van der Waals surface area contributed by atoms with Gasteiger partial charge in [-0.3, -0.25) is 9.69 Å². The first-order valence-electron chi connectivity index (χ1n) is 10.5. The molecule has 0 bridgehead atoms. The predicted octanol–water partition coefficient (Wildman–Crippen LogP) is 4.06. The third kappa shape index (κ3) is 4.76. The van der Waals surface area contributed by atoms with E-state index >= 15 is 0 Å². The Hall–Kier alpha value is -2.99. The molecule has 3 aromatic rings. The summed E-state index contributed by atoms with van der Waals surface area (Å²) in [5, 5.41) is 4.11. The van der Waals surface area contributed by atoms with Crippen LogP contribution in [-0.4, -0.2) is 45.5 Å². The van der Waals surface area contributed by atoms with E-state index in [2.05, 4.69) is 41.1 Å². The number of carbonyl (C=O) groups is 1. The van der Waals surface area contributed by atoms with E-state index in [0.717, 1.165) is 24.9 Å². The van der Waals surface area contributed by atoms with Crippen LogP contribution >= 0.6 is 0 Å². The first-order chi connectivity index (χ1) is 14.6. The van der Waals surface area contributed by atoms with Crippen molar-refractivity contribution in [2.24, 2.45) is 0 Å². The summed E-state index contributed by atoms with van der Waals surface area (Å²) >= 11 is 0. The fourth-order valence-corrected chi connectivity index (χ4v) is 3.99. The van der Waals surface area contributed by atoms with E-state index in [9.17, 15) is 4.79 Å². The molecule has 30 heavy (non-hydrogen) atoms. The van der Waals surface area contributed by atoms with Gasteiger partial charge >= 0.3 is 0 Å². The monoisotopic (exact) mass is 404 g/mol. The molecule has 2 aromatic carbocycles. The van der Waals surface area contributed by atoms with E-state index in [4.69, 9.17) is 4.52 Å². The highest BCUT2D eigenvalue weighted by molar-refractivity contribution is 5.76. The fourth-order valence-electron chi connectivity index (χ4n) is 3.99. The smallest absolute Gasteiger partial charge is 0.241 e. The van der Waals surface area contributed by atoms with E-state index in [1.54, 1.807) is 0 Å². The van der Waals surface area contributed by atoms with Crippen LogP contribution in [-0.2, 0) is 17.9 Å². The second-order valence-corrected chi connectivity index (χ2v) is 8.02. The molecule has 1 aliphatic heterocycles. The summed E-state index contributed by atoms with van der Waals surface area (Å²) in [5.41, 5.74) is 3.40. The molecule has 1 saturated heterocycles. The van der Waals surface area contributed by atoms with Crippen LogP contribution in [0.4, 0.5) is 0 Å². The Morgan fingerprint density at radius 2 is 1.87 bits per heavy atom. The van der Waals surface area contributed by atoms with Crippen molar-refractivity contribution in [3.63, 3.8) is 0 Å². The van der Waals surface area contributed by atoms with Gasteiger partial charge in [0.15, 0.2) is 0 Å². The molecule has 1 amide bonds. The number of hydrogen-bond acceptors (Lipinski definition) is 5. The topological polar surface area (TPSA) is 62.5 Å². The summed E-state index contributed by atoms with van der Waals surface area (Å²) in [6, 6.07) is 18.4. The van der Waals surface area contributed by atoms with E-state index in [1.807, 2.05) is 47.4 Å². The Bertz CT molecular complexity index is 986. The maximum absolute atomic E-state index is 12.7. The third-order valence-electron chi connectivity index (χ3n) is 5.91. The summed E-state index contributed by atoms with van der Waals surface area (Å²) in [7, 11) is 2.07. The van der Waals surface area contributed by atoms with Crippen molar-refractivity contribution in [2.75, 3.05) is 13.6 Å². The van der Waals surface area contributed by atoms with Crippen molar-refractivity contribution in [3.8, 4) is 11.4 Å². The maximum Gasteiger partial charge on any atom is 0.241 e. The van der Waals surface area contributed by atoms with Crippen LogP contribution in [0.1, 0.15) is 36.3 Å². The van der Waals surface area contributed by atoms with Gasteiger partial charge in [-0.25, -0.2) is 0 Å². The number of nitrogens with zero attached hydrogens (tertiary/aromatic N) is 4. The normalized spacial score (nSPS) is 17.4. The van der Waals surface area contributed by atoms with Gasteiger partial charge in [-0.05, 0) is 37.9 Å². The van der Waals surface area contributed by atoms with Crippen LogP contribution in [0.3, 0.4) is 0 Å². The average molecular weight is 405 g/mol. The lowest BCUT2D eigenvalue weighted by atomic mass is 10.1. The first kappa shape index (κ1) is 20.3. The van der Waals surface area contributed by atoms with Gasteiger partial charge in [0.1, 0.15) is 0 Å². The number of aryl methyl sites for hydroxylation is 1. The molecule has 1 atom stereocenters. The standard InChI is InChI=1S/C24H28N4O2/c1-18-8-6-7-11-20(18)16-28-15-14-21(12-13-23(28)29)27(2)17-22-25-24(26-30-22)19-9-4-3-5-10-19/h3-11,21H,12-17H2,1-2H3/t21-/m0/s1. The number of carbonyl (C=O) groups excluding carboxylic acids is 1. The van der Waals surface area contributed by atoms with Gasteiger partial charge in [0, 0.05) is 31.1 Å². The van der Waals surface area contributed by atoms with E-state index in [-0.39, 0.29) is 5.91 Å². The van der Waals surface area contributed by atoms with Gasteiger partial charge in [-0.2, -0.15) is 4.98 Å². The molecular weight excluding hydrogens is 376 g/mol. The molecule has 1 aromatic heterocycles. The van der Waals surface area contributed by atoms with Crippen molar-refractivity contribution in [2.45, 2.75) is 45.3 Å². The minimum absolute atomic E-state index is 0.235. The Kier molecular flexibility index (Phi) is 6.23. The van der Waals surface area contributed by atoms with Gasteiger partial charge in [-0.15, -0.1) is 0 Å². The molecule has 156 valence electrons. The van der Waals surface area contributed by atoms with Gasteiger partial charge in [-0.1, -0.05) is 59.8 Å². The summed E-state index contributed by atoms with van der Waals surface area (Å²) in [4.78, 5) is 21.4. The molecule has 0 aliphatic carbocycles. The van der Waals surface area contributed by atoms with Crippen molar-refractivity contribution in [1.82, 2.24) is 19.9 Å². The van der Waals surface area contributed by atoms with Gasteiger partial charge in [0.05, 0.1) is 6.54 Å². The maximum atomic E-state index is 12.7. The Morgan fingerprint density at radius 1 is 1.10 bits per heavy atom. The molecule has 6 nitrogen and oxygen atoms in total. The van der Waals surface area contributed by atoms with Crippen molar-refractivity contribution >= 4 is 5.91 Å². The first-order valence-corrected chi connectivity index (χ1v) is 10.5. The molecule has 2 heterocycles. The van der Waals surface area contributed by atoms with Crippen molar-refractivity contribution in [3.05, 3.63) is 71.6 Å². The lowest BCUT2D eigenvalue weighted by molar-refractivity contribution is -0.131. The third-order valence-corrected chi connectivity index (χ3v) is 5.91. The SMILES string of the molecule is Cc1ccccc1CN1CC[C@@H](N(C)Cc2nc(-c3ccccc3)no2)CCC1=O. The van der Waals surface area contributed by atoms with Crippen LogP contribution in [0.2, 0.25) is 0 Å². The highest BCUT2D eigenvalue weighted by Crippen LogP contribution is 2.22. The molecule has 4 rings (SSSR count). The second kappa shape index (κ2) is 9.22. The van der Waals surface area contributed by atoms with E-state index in [0.29, 0.717) is 37.3 Å². The fraction of sp³-hybridized carbons (Fsp3) is 0.375. The molecule has 0 spiro atoms. The number of benzene rings is 2. The lowest BCUT2D eigenvalue weighted by Crippen LogP contribution is -2.33. The Labute approximate surface area is 177 Å². The molecular formula is C24H28N4O2. The zero-order valence-corrected chi connectivity index (χ0v) is 17.6. The zero-order valence-electron chi connectivity index (χ0n) is 17.6. The van der Waals surface area contributed by atoms with Crippen LogP contribution in [0.5, 0.6) is 0 Å². The minimum Gasteiger partial charge on any atom is -0.338 e. The number of amides is 1. The van der Waals surface area contributed by atoms with Crippen molar-refractivity contribution < 1.29 is 9.32 Å². The highest BCUT2D eigenvalue weighted by Gasteiger charge is 2.26.